The fourth-order valence-electron chi connectivity index (χ4n) is 1.40. The van der Waals surface area contributed by atoms with Crippen LogP contribution in [0.5, 0.6) is 0 Å². The molecule has 0 aromatic carbocycles. The Balaban J connectivity index is 4.68. The Hall–Kier alpha value is -1.57. The SMILES string of the molecule is CCC(C#N)(CC)C(=O)NC(C)C(=O)NC. The lowest BCUT2D eigenvalue weighted by molar-refractivity contribution is -0.133. The minimum Gasteiger partial charge on any atom is -0.357 e. The van der Waals surface area contributed by atoms with Crippen molar-refractivity contribution in [1.29, 1.82) is 5.26 Å². The summed E-state index contributed by atoms with van der Waals surface area (Å²) in [6, 6.07) is 1.41. The summed E-state index contributed by atoms with van der Waals surface area (Å²) < 4.78 is 0. The number of likely N-dealkylation sites (N-methyl/N-ethyl adjacent to an activating group) is 1. The van der Waals surface area contributed by atoms with E-state index in [2.05, 4.69) is 10.6 Å². The molecule has 0 radical (unpaired) electrons. The van der Waals surface area contributed by atoms with Crippen molar-refractivity contribution in [3.8, 4) is 6.07 Å². The van der Waals surface area contributed by atoms with E-state index in [1.807, 2.05) is 6.07 Å². The van der Waals surface area contributed by atoms with Crippen LogP contribution in [0.15, 0.2) is 0 Å². The zero-order valence-electron chi connectivity index (χ0n) is 10.3. The van der Waals surface area contributed by atoms with Crippen molar-refractivity contribution in [2.45, 2.75) is 39.7 Å². The Bertz CT molecular complexity index is 303. The molecule has 2 N–H and O–H groups in total. The molecule has 0 aromatic rings. The minimum absolute atomic E-state index is 0.271. The highest BCUT2D eigenvalue weighted by Gasteiger charge is 2.36. The summed E-state index contributed by atoms with van der Waals surface area (Å²) in [5.74, 6) is -0.650. The van der Waals surface area contributed by atoms with Crippen LogP contribution in [0, 0.1) is 16.7 Å². The Morgan fingerprint density at radius 3 is 2.19 bits per heavy atom. The molecule has 1 atom stereocenters. The predicted octanol–water partition coefficient (Wildman–Crippen LogP) is 0.567. The second-order valence-electron chi connectivity index (χ2n) is 3.71. The van der Waals surface area contributed by atoms with Gasteiger partial charge in [0, 0.05) is 7.05 Å². The fourth-order valence-corrected chi connectivity index (χ4v) is 1.40. The first-order valence-electron chi connectivity index (χ1n) is 5.41. The molecule has 0 aliphatic rings. The van der Waals surface area contributed by atoms with Crippen LogP contribution >= 0.6 is 0 Å². The third kappa shape index (κ3) is 2.96. The Morgan fingerprint density at radius 1 is 1.38 bits per heavy atom. The zero-order valence-corrected chi connectivity index (χ0v) is 10.3. The summed E-state index contributed by atoms with van der Waals surface area (Å²) >= 11 is 0. The zero-order chi connectivity index (χ0) is 12.8. The van der Waals surface area contributed by atoms with Crippen molar-refractivity contribution in [3.63, 3.8) is 0 Å². The number of nitrogens with zero attached hydrogens (tertiary/aromatic N) is 1. The first-order valence-corrected chi connectivity index (χ1v) is 5.41. The van der Waals surface area contributed by atoms with Crippen molar-refractivity contribution in [2.24, 2.45) is 5.41 Å². The molecule has 0 fully saturated rings. The molecule has 1 unspecified atom stereocenters. The van der Waals surface area contributed by atoms with Gasteiger partial charge in [0.15, 0.2) is 0 Å². The highest BCUT2D eigenvalue weighted by Crippen LogP contribution is 2.25. The van der Waals surface area contributed by atoms with Gasteiger partial charge in [0.1, 0.15) is 11.5 Å². The summed E-state index contributed by atoms with van der Waals surface area (Å²) in [4.78, 5) is 23.1. The van der Waals surface area contributed by atoms with E-state index in [0.29, 0.717) is 12.8 Å². The first kappa shape index (κ1) is 14.4. The number of carbonyl (C=O) groups excluding carboxylic acids is 2. The second kappa shape index (κ2) is 6.11. The number of nitriles is 1. The molecule has 2 amide bonds. The molecule has 0 saturated carbocycles. The van der Waals surface area contributed by atoms with Gasteiger partial charge >= 0.3 is 0 Å². The Labute approximate surface area is 96.2 Å². The number of carbonyl (C=O) groups is 2. The molecule has 0 heterocycles. The van der Waals surface area contributed by atoms with E-state index in [1.54, 1.807) is 20.8 Å². The molecule has 5 nitrogen and oxygen atoms in total. The standard InChI is InChI=1S/C11H19N3O2/c1-5-11(6-2,7-12)10(16)14-8(3)9(15)13-4/h8H,5-6H2,1-4H3,(H,13,15)(H,14,16). The Morgan fingerprint density at radius 2 is 1.88 bits per heavy atom. The summed E-state index contributed by atoms with van der Waals surface area (Å²) in [6.07, 6.45) is 0.874. The monoisotopic (exact) mass is 225 g/mol. The molecule has 0 spiro atoms. The van der Waals surface area contributed by atoms with Crippen LogP contribution < -0.4 is 10.6 Å². The van der Waals surface area contributed by atoms with Gasteiger partial charge in [-0.25, -0.2) is 0 Å². The van der Waals surface area contributed by atoms with Crippen LogP contribution in [0.2, 0.25) is 0 Å². The van der Waals surface area contributed by atoms with E-state index in [0.717, 1.165) is 0 Å². The van der Waals surface area contributed by atoms with E-state index in [-0.39, 0.29) is 11.8 Å². The third-order valence-electron chi connectivity index (χ3n) is 2.84. The molecule has 0 rings (SSSR count). The molecule has 5 heteroatoms. The first-order chi connectivity index (χ1) is 7.47. The quantitative estimate of drug-likeness (QED) is 0.717. The summed E-state index contributed by atoms with van der Waals surface area (Å²) in [5.41, 5.74) is -1.03. The van der Waals surface area contributed by atoms with Gasteiger partial charge < -0.3 is 10.6 Å². The third-order valence-corrected chi connectivity index (χ3v) is 2.84. The molecule has 16 heavy (non-hydrogen) atoms. The lowest BCUT2D eigenvalue weighted by atomic mass is 9.83. The maximum absolute atomic E-state index is 11.9. The van der Waals surface area contributed by atoms with Gasteiger partial charge in [-0.05, 0) is 19.8 Å². The summed E-state index contributed by atoms with van der Waals surface area (Å²) in [6.45, 7) is 5.16. The van der Waals surface area contributed by atoms with Gasteiger partial charge in [0.2, 0.25) is 11.8 Å². The van der Waals surface area contributed by atoms with Gasteiger partial charge in [-0.2, -0.15) is 5.26 Å². The summed E-state index contributed by atoms with van der Waals surface area (Å²) in [5, 5.41) is 14.0. The van der Waals surface area contributed by atoms with Crippen molar-refractivity contribution in [1.82, 2.24) is 10.6 Å². The van der Waals surface area contributed by atoms with Gasteiger partial charge in [-0.15, -0.1) is 0 Å². The van der Waals surface area contributed by atoms with E-state index in [1.165, 1.54) is 7.05 Å². The van der Waals surface area contributed by atoms with E-state index >= 15 is 0 Å². The highest BCUT2D eigenvalue weighted by atomic mass is 16.2. The van der Waals surface area contributed by atoms with Crippen LogP contribution in [-0.2, 0) is 9.59 Å². The fraction of sp³-hybridized carbons (Fsp3) is 0.727. The van der Waals surface area contributed by atoms with Gasteiger partial charge in [-0.3, -0.25) is 9.59 Å². The van der Waals surface area contributed by atoms with E-state index in [4.69, 9.17) is 5.26 Å². The average Bonchev–Trinajstić information content (AvgIpc) is 2.30. The van der Waals surface area contributed by atoms with Gasteiger partial charge in [-0.1, -0.05) is 13.8 Å². The molecular formula is C11H19N3O2. The highest BCUT2D eigenvalue weighted by molar-refractivity contribution is 5.91. The number of hydrogen-bond acceptors (Lipinski definition) is 3. The van der Waals surface area contributed by atoms with E-state index in [9.17, 15) is 9.59 Å². The van der Waals surface area contributed by atoms with Crippen molar-refractivity contribution in [3.05, 3.63) is 0 Å². The number of hydrogen-bond donors (Lipinski definition) is 2. The molecule has 0 aromatic heterocycles. The average molecular weight is 225 g/mol. The smallest absolute Gasteiger partial charge is 0.242 e. The number of nitrogens with one attached hydrogen (secondary N) is 2. The lowest BCUT2D eigenvalue weighted by Gasteiger charge is -2.24. The Kier molecular flexibility index (Phi) is 5.51. The van der Waals surface area contributed by atoms with E-state index < -0.39 is 11.5 Å². The van der Waals surface area contributed by atoms with Crippen molar-refractivity contribution in [2.75, 3.05) is 7.05 Å². The molecule has 90 valence electrons. The van der Waals surface area contributed by atoms with Crippen molar-refractivity contribution >= 4 is 11.8 Å². The largest absolute Gasteiger partial charge is 0.357 e. The van der Waals surface area contributed by atoms with Gasteiger partial charge in [0.05, 0.1) is 6.07 Å². The molecule has 0 aliphatic heterocycles. The topological polar surface area (TPSA) is 82.0 Å². The number of amides is 2. The van der Waals surface area contributed by atoms with Crippen LogP contribution in [0.25, 0.3) is 0 Å². The summed E-state index contributed by atoms with van der Waals surface area (Å²) in [7, 11) is 1.50. The van der Waals surface area contributed by atoms with Crippen molar-refractivity contribution < 1.29 is 9.59 Å². The maximum Gasteiger partial charge on any atom is 0.242 e. The molecule has 0 saturated heterocycles. The van der Waals surface area contributed by atoms with Crippen LogP contribution in [0.1, 0.15) is 33.6 Å². The molecule has 0 aliphatic carbocycles. The lowest BCUT2D eigenvalue weighted by Crippen LogP contribution is -2.49. The molecule has 0 bridgehead atoms. The van der Waals surface area contributed by atoms with Gasteiger partial charge in [0.25, 0.3) is 0 Å². The van der Waals surface area contributed by atoms with Crippen LogP contribution in [0.3, 0.4) is 0 Å². The second-order valence-corrected chi connectivity index (χ2v) is 3.71. The van der Waals surface area contributed by atoms with Crippen LogP contribution in [-0.4, -0.2) is 24.9 Å². The maximum atomic E-state index is 11.9. The number of rotatable bonds is 5. The minimum atomic E-state index is -1.03. The van der Waals surface area contributed by atoms with Crippen LogP contribution in [0.4, 0.5) is 0 Å². The molecular weight excluding hydrogens is 206 g/mol. The predicted molar refractivity (Wildman–Crippen MR) is 60.3 cm³/mol. The normalized spacial score (nSPS) is 12.4.